The van der Waals surface area contributed by atoms with Gasteiger partial charge in [-0.2, -0.15) is 0 Å². The van der Waals surface area contributed by atoms with Crippen molar-refractivity contribution in [3.63, 3.8) is 0 Å². The molecule has 2 rings (SSSR count). The summed E-state index contributed by atoms with van der Waals surface area (Å²) in [6.45, 7) is 3.37. The van der Waals surface area contributed by atoms with Crippen LogP contribution in [0.25, 0.3) is 0 Å². The first-order valence-electron chi connectivity index (χ1n) is 5.43. The highest BCUT2D eigenvalue weighted by atomic mass is 16.6. The van der Waals surface area contributed by atoms with Crippen LogP contribution < -0.4 is 5.32 Å². The molecule has 0 aromatic heterocycles. The fourth-order valence-corrected chi connectivity index (χ4v) is 1.79. The second-order valence-electron chi connectivity index (χ2n) is 3.91. The van der Waals surface area contributed by atoms with E-state index >= 15 is 0 Å². The minimum absolute atomic E-state index is 0.0398. The summed E-state index contributed by atoms with van der Waals surface area (Å²) >= 11 is 0. The molecule has 0 amide bonds. The molecule has 0 aromatic carbocycles. The average molecular weight is 215 g/mol. The highest BCUT2D eigenvalue weighted by Crippen LogP contribution is 2.10. The Bertz CT molecular complexity index is 209. The van der Waals surface area contributed by atoms with Gasteiger partial charge in [-0.15, -0.1) is 0 Å². The zero-order chi connectivity index (χ0) is 10.5. The topological polar surface area (TPSA) is 56.8 Å². The zero-order valence-corrected chi connectivity index (χ0v) is 8.74. The van der Waals surface area contributed by atoms with Crippen molar-refractivity contribution in [1.29, 1.82) is 0 Å². The smallest absolute Gasteiger partial charge is 0.307 e. The second-order valence-corrected chi connectivity index (χ2v) is 3.91. The molecular weight excluding hydrogens is 198 g/mol. The Labute approximate surface area is 89.1 Å². The molecule has 2 heterocycles. The predicted octanol–water partition coefficient (Wildman–Crippen LogP) is -0.303. The number of ether oxygens (including phenoxy) is 3. The van der Waals surface area contributed by atoms with Crippen molar-refractivity contribution in [3.05, 3.63) is 0 Å². The highest BCUT2D eigenvalue weighted by Gasteiger charge is 2.23. The summed E-state index contributed by atoms with van der Waals surface area (Å²) in [6.07, 6.45) is 1.17. The van der Waals surface area contributed by atoms with Crippen LogP contribution in [0.5, 0.6) is 0 Å². The molecule has 2 unspecified atom stereocenters. The van der Waals surface area contributed by atoms with Gasteiger partial charge in [-0.05, 0) is 0 Å². The molecule has 2 atom stereocenters. The second kappa shape index (κ2) is 5.44. The van der Waals surface area contributed by atoms with E-state index < -0.39 is 0 Å². The summed E-state index contributed by atoms with van der Waals surface area (Å²) < 4.78 is 15.6. The van der Waals surface area contributed by atoms with E-state index in [1.54, 1.807) is 0 Å². The molecule has 2 fully saturated rings. The van der Waals surface area contributed by atoms with E-state index in [2.05, 4.69) is 5.32 Å². The summed E-state index contributed by atoms with van der Waals surface area (Å²) in [7, 11) is 0. The van der Waals surface area contributed by atoms with Gasteiger partial charge in [0.1, 0.15) is 6.10 Å². The first kappa shape index (κ1) is 10.9. The maximum atomic E-state index is 11.5. The van der Waals surface area contributed by atoms with Crippen molar-refractivity contribution in [2.75, 3.05) is 33.0 Å². The Kier molecular flexibility index (Phi) is 3.94. The van der Waals surface area contributed by atoms with Crippen molar-refractivity contribution in [3.8, 4) is 0 Å². The molecule has 0 radical (unpaired) electrons. The van der Waals surface area contributed by atoms with Gasteiger partial charge in [-0.1, -0.05) is 0 Å². The number of nitrogens with one attached hydrogen (secondary N) is 1. The van der Waals surface area contributed by atoms with Crippen LogP contribution in [-0.4, -0.2) is 51.1 Å². The van der Waals surface area contributed by atoms with Gasteiger partial charge in [-0.25, -0.2) is 0 Å². The molecule has 0 bridgehead atoms. The Morgan fingerprint density at radius 2 is 2.20 bits per heavy atom. The van der Waals surface area contributed by atoms with Crippen LogP contribution in [0.4, 0.5) is 0 Å². The maximum Gasteiger partial charge on any atom is 0.307 e. The number of hydrogen-bond acceptors (Lipinski definition) is 5. The SMILES string of the molecule is O=C(CC1COCCN1)OC1CCOC1. The number of carbonyl (C=O) groups is 1. The summed E-state index contributed by atoms with van der Waals surface area (Å²) in [6, 6.07) is 0.105. The van der Waals surface area contributed by atoms with Gasteiger partial charge in [0.05, 0.1) is 32.8 Å². The lowest BCUT2D eigenvalue weighted by molar-refractivity contribution is -0.150. The molecule has 0 aliphatic carbocycles. The predicted molar refractivity (Wildman–Crippen MR) is 52.5 cm³/mol. The quantitative estimate of drug-likeness (QED) is 0.655. The van der Waals surface area contributed by atoms with Gasteiger partial charge in [0.25, 0.3) is 0 Å². The van der Waals surface area contributed by atoms with Gasteiger partial charge < -0.3 is 19.5 Å². The molecule has 5 heteroatoms. The first-order valence-corrected chi connectivity index (χ1v) is 5.43. The molecule has 2 saturated heterocycles. The lowest BCUT2D eigenvalue weighted by atomic mass is 10.2. The van der Waals surface area contributed by atoms with Gasteiger partial charge in [0, 0.05) is 19.0 Å². The van der Waals surface area contributed by atoms with E-state index in [1.807, 2.05) is 0 Å². The van der Waals surface area contributed by atoms with Crippen molar-refractivity contribution in [2.45, 2.75) is 25.0 Å². The largest absolute Gasteiger partial charge is 0.460 e. The number of esters is 1. The Morgan fingerprint density at radius 3 is 2.87 bits per heavy atom. The minimum Gasteiger partial charge on any atom is -0.460 e. The Balaban J connectivity index is 1.66. The number of carbonyl (C=O) groups excluding carboxylic acids is 1. The molecular formula is C10H17NO4. The molecule has 0 spiro atoms. The standard InChI is InChI=1S/C10H17NO4/c12-10(15-9-1-3-13-7-9)5-8-6-14-4-2-11-8/h8-9,11H,1-7H2. The Morgan fingerprint density at radius 1 is 1.33 bits per heavy atom. The van der Waals surface area contributed by atoms with Crippen LogP contribution in [0, 0.1) is 0 Å². The molecule has 0 saturated carbocycles. The monoisotopic (exact) mass is 215 g/mol. The highest BCUT2D eigenvalue weighted by molar-refractivity contribution is 5.70. The summed E-state index contributed by atoms with van der Waals surface area (Å²) in [4.78, 5) is 11.5. The van der Waals surface area contributed by atoms with Crippen molar-refractivity contribution in [2.24, 2.45) is 0 Å². The number of rotatable bonds is 3. The van der Waals surface area contributed by atoms with Crippen LogP contribution in [0.2, 0.25) is 0 Å². The van der Waals surface area contributed by atoms with E-state index in [4.69, 9.17) is 14.2 Å². The van der Waals surface area contributed by atoms with Crippen molar-refractivity contribution >= 4 is 5.97 Å². The van der Waals surface area contributed by atoms with Gasteiger partial charge in [-0.3, -0.25) is 4.79 Å². The molecule has 86 valence electrons. The molecule has 0 aromatic rings. The fourth-order valence-electron chi connectivity index (χ4n) is 1.79. The van der Waals surface area contributed by atoms with Crippen LogP contribution in [0.15, 0.2) is 0 Å². The van der Waals surface area contributed by atoms with Crippen LogP contribution >= 0.6 is 0 Å². The normalized spacial score (nSPS) is 31.5. The van der Waals surface area contributed by atoms with Crippen LogP contribution in [0.3, 0.4) is 0 Å². The zero-order valence-electron chi connectivity index (χ0n) is 8.74. The minimum atomic E-state index is -0.159. The molecule has 2 aliphatic heterocycles. The maximum absolute atomic E-state index is 11.5. The summed E-state index contributed by atoms with van der Waals surface area (Å²) in [5, 5.41) is 3.22. The molecule has 2 aliphatic rings. The van der Waals surface area contributed by atoms with Crippen molar-refractivity contribution < 1.29 is 19.0 Å². The van der Waals surface area contributed by atoms with Gasteiger partial charge in [0.15, 0.2) is 0 Å². The van der Waals surface area contributed by atoms with Gasteiger partial charge in [0.2, 0.25) is 0 Å². The van der Waals surface area contributed by atoms with E-state index in [0.29, 0.717) is 26.2 Å². The lowest BCUT2D eigenvalue weighted by Crippen LogP contribution is -2.43. The van der Waals surface area contributed by atoms with Crippen LogP contribution in [0.1, 0.15) is 12.8 Å². The first-order chi connectivity index (χ1) is 7.34. The van der Waals surface area contributed by atoms with E-state index in [9.17, 15) is 4.79 Å². The van der Waals surface area contributed by atoms with Gasteiger partial charge >= 0.3 is 5.97 Å². The molecule has 5 nitrogen and oxygen atoms in total. The van der Waals surface area contributed by atoms with E-state index in [0.717, 1.165) is 19.6 Å². The van der Waals surface area contributed by atoms with Crippen molar-refractivity contribution in [1.82, 2.24) is 5.32 Å². The number of hydrogen-bond donors (Lipinski definition) is 1. The van der Waals surface area contributed by atoms with E-state index in [-0.39, 0.29) is 18.1 Å². The Hall–Kier alpha value is -0.650. The third-order valence-corrected chi connectivity index (χ3v) is 2.60. The van der Waals surface area contributed by atoms with E-state index in [1.165, 1.54) is 0 Å². The molecule has 15 heavy (non-hydrogen) atoms. The third-order valence-electron chi connectivity index (χ3n) is 2.60. The average Bonchev–Trinajstić information content (AvgIpc) is 2.71. The molecule has 1 N–H and O–H groups in total. The fraction of sp³-hybridized carbons (Fsp3) is 0.900. The lowest BCUT2D eigenvalue weighted by Gasteiger charge is -2.23. The summed E-state index contributed by atoms with van der Waals surface area (Å²) in [5.74, 6) is -0.159. The summed E-state index contributed by atoms with van der Waals surface area (Å²) in [5.41, 5.74) is 0. The third kappa shape index (κ3) is 3.44. The number of morpholine rings is 1. The van der Waals surface area contributed by atoms with Crippen LogP contribution in [-0.2, 0) is 19.0 Å².